The normalized spacial score (nSPS) is 20.3. The zero-order chi connectivity index (χ0) is 23.7. The van der Waals surface area contributed by atoms with E-state index in [0.29, 0.717) is 24.5 Å². The first-order valence-corrected chi connectivity index (χ1v) is 11.2. The molecule has 0 bridgehead atoms. The van der Waals surface area contributed by atoms with E-state index >= 15 is 0 Å². The minimum Gasteiger partial charge on any atom is -0.391 e. The molecule has 3 aromatic heterocycles. The second-order valence-electron chi connectivity index (χ2n) is 8.73. The van der Waals surface area contributed by atoms with E-state index in [1.54, 1.807) is 30.9 Å². The van der Waals surface area contributed by atoms with Gasteiger partial charge in [0.15, 0.2) is 0 Å². The van der Waals surface area contributed by atoms with Gasteiger partial charge in [-0.1, -0.05) is 31.2 Å². The van der Waals surface area contributed by atoms with E-state index in [1.165, 1.54) is 0 Å². The summed E-state index contributed by atoms with van der Waals surface area (Å²) >= 11 is 0. The number of carbonyl (C=O) groups is 1. The Labute approximate surface area is 197 Å². The number of nitrogens with zero attached hydrogens (tertiary/aromatic N) is 4. The monoisotopic (exact) mass is 454 g/mol. The van der Waals surface area contributed by atoms with Crippen LogP contribution in [0.4, 0.5) is 11.4 Å². The molecule has 172 valence electrons. The van der Waals surface area contributed by atoms with Gasteiger partial charge in [0.2, 0.25) is 0 Å². The Morgan fingerprint density at radius 2 is 1.88 bits per heavy atom. The standard InChI is InChI=1S/C26H26N6O2/c1-16-14-32(15-20(27)25(16)33)24-8-10-29-13-23(24)31-26(34)21-7-6-17-4-5-18(11-22(17)30-21)19-3-2-9-28-12-19/h2-13,16,20,25,33H,14-15,27H2,1H3,(H,31,34)/t16-,20+,25+/m0/s1. The van der Waals surface area contributed by atoms with Crippen LogP contribution in [0.15, 0.2) is 73.3 Å². The fourth-order valence-corrected chi connectivity index (χ4v) is 4.41. The van der Waals surface area contributed by atoms with E-state index in [1.807, 2.05) is 49.4 Å². The molecule has 4 heterocycles. The number of anilines is 2. The van der Waals surface area contributed by atoms with Crippen LogP contribution < -0.4 is 16.0 Å². The number of aliphatic hydroxyl groups is 1. The quantitative estimate of drug-likeness (QED) is 0.434. The molecule has 1 aliphatic heterocycles. The van der Waals surface area contributed by atoms with Crippen LogP contribution in [0.1, 0.15) is 17.4 Å². The fraction of sp³-hybridized carbons (Fsp3) is 0.231. The Morgan fingerprint density at radius 3 is 2.68 bits per heavy atom. The van der Waals surface area contributed by atoms with Crippen LogP contribution in [0.25, 0.3) is 22.0 Å². The van der Waals surface area contributed by atoms with Crippen LogP contribution in [0.3, 0.4) is 0 Å². The van der Waals surface area contributed by atoms with Crippen LogP contribution in [-0.2, 0) is 0 Å². The molecule has 8 nitrogen and oxygen atoms in total. The fourth-order valence-electron chi connectivity index (χ4n) is 4.41. The van der Waals surface area contributed by atoms with Gasteiger partial charge in [0.25, 0.3) is 5.91 Å². The molecule has 0 unspecified atom stereocenters. The Hall–Kier alpha value is -3.88. The molecule has 34 heavy (non-hydrogen) atoms. The van der Waals surface area contributed by atoms with Crippen LogP contribution in [0.5, 0.6) is 0 Å². The van der Waals surface area contributed by atoms with Gasteiger partial charge in [-0.3, -0.25) is 14.8 Å². The highest BCUT2D eigenvalue weighted by Crippen LogP contribution is 2.30. The van der Waals surface area contributed by atoms with Crippen molar-refractivity contribution >= 4 is 28.2 Å². The summed E-state index contributed by atoms with van der Waals surface area (Å²) < 4.78 is 0. The van der Waals surface area contributed by atoms with Crippen molar-refractivity contribution < 1.29 is 9.90 Å². The Balaban J connectivity index is 1.41. The minimum absolute atomic E-state index is 0.0108. The molecule has 8 heteroatoms. The van der Waals surface area contributed by atoms with Crippen LogP contribution in [0.2, 0.25) is 0 Å². The molecule has 0 aliphatic carbocycles. The number of pyridine rings is 3. The number of nitrogens with one attached hydrogen (secondary N) is 1. The maximum atomic E-state index is 13.1. The van der Waals surface area contributed by atoms with Crippen molar-refractivity contribution in [2.45, 2.75) is 19.1 Å². The predicted octanol–water partition coefficient (Wildman–Crippen LogP) is 3.09. The number of aliphatic hydroxyl groups excluding tert-OH is 1. The number of piperidine rings is 1. The van der Waals surface area contributed by atoms with E-state index in [2.05, 4.69) is 25.2 Å². The number of carbonyl (C=O) groups excluding carboxylic acids is 1. The van der Waals surface area contributed by atoms with Crippen molar-refractivity contribution in [3.63, 3.8) is 0 Å². The lowest BCUT2D eigenvalue weighted by Crippen LogP contribution is -2.55. The zero-order valence-corrected chi connectivity index (χ0v) is 18.8. The minimum atomic E-state index is -0.547. The summed E-state index contributed by atoms with van der Waals surface area (Å²) in [4.78, 5) is 28.2. The van der Waals surface area contributed by atoms with Gasteiger partial charge < -0.3 is 21.1 Å². The highest BCUT2D eigenvalue weighted by Gasteiger charge is 2.32. The lowest BCUT2D eigenvalue weighted by atomic mass is 9.92. The van der Waals surface area contributed by atoms with Crippen molar-refractivity contribution in [3.05, 3.63) is 79.0 Å². The maximum Gasteiger partial charge on any atom is 0.274 e. The van der Waals surface area contributed by atoms with Crippen molar-refractivity contribution in [1.82, 2.24) is 15.0 Å². The second kappa shape index (κ2) is 9.17. The number of amides is 1. The predicted molar refractivity (Wildman–Crippen MR) is 133 cm³/mol. The third-order valence-corrected chi connectivity index (χ3v) is 6.27. The summed E-state index contributed by atoms with van der Waals surface area (Å²) in [6, 6.07) is 14.9. The van der Waals surface area contributed by atoms with Crippen molar-refractivity contribution in [2.75, 3.05) is 23.3 Å². The van der Waals surface area contributed by atoms with Gasteiger partial charge in [-0.15, -0.1) is 0 Å². The third kappa shape index (κ3) is 4.33. The van der Waals surface area contributed by atoms with Gasteiger partial charge in [0, 0.05) is 54.6 Å². The third-order valence-electron chi connectivity index (χ3n) is 6.27. The molecule has 0 saturated carbocycles. The van der Waals surface area contributed by atoms with Crippen molar-refractivity contribution in [3.8, 4) is 11.1 Å². The lowest BCUT2D eigenvalue weighted by Gasteiger charge is -2.40. The van der Waals surface area contributed by atoms with Gasteiger partial charge in [-0.05, 0) is 29.8 Å². The first-order valence-electron chi connectivity index (χ1n) is 11.2. The SMILES string of the molecule is C[C@H]1CN(c2ccncc2NC(=O)c2ccc3ccc(-c4cccnc4)cc3n2)C[C@@H](N)[C@@H]1O. The number of hydrogen-bond donors (Lipinski definition) is 3. The molecule has 4 aromatic rings. The molecular weight excluding hydrogens is 428 g/mol. The second-order valence-corrected chi connectivity index (χ2v) is 8.73. The van der Waals surface area contributed by atoms with Gasteiger partial charge >= 0.3 is 0 Å². The van der Waals surface area contributed by atoms with E-state index in [9.17, 15) is 9.90 Å². The highest BCUT2D eigenvalue weighted by atomic mass is 16.3. The Morgan fingerprint density at radius 1 is 1.06 bits per heavy atom. The number of nitrogens with two attached hydrogens (primary N) is 1. The molecular formula is C26H26N6O2. The van der Waals surface area contributed by atoms with Gasteiger partial charge in [-0.2, -0.15) is 0 Å². The van der Waals surface area contributed by atoms with Crippen LogP contribution >= 0.6 is 0 Å². The molecule has 0 radical (unpaired) electrons. The smallest absolute Gasteiger partial charge is 0.274 e. The number of aromatic nitrogens is 3. The van der Waals surface area contributed by atoms with E-state index in [4.69, 9.17) is 5.73 Å². The molecule has 4 N–H and O–H groups in total. The molecule has 0 spiro atoms. The van der Waals surface area contributed by atoms with Gasteiger partial charge in [-0.25, -0.2) is 4.98 Å². The Kier molecular flexibility index (Phi) is 5.91. The summed E-state index contributed by atoms with van der Waals surface area (Å²) in [6.07, 6.45) is 6.29. The number of rotatable bonds is 4. The number of fused-ring (bicyclic) bond motifs is 1. The van der Waals surface area contributed by atoms with Gasteiger partial charge in [0.05, 0.1) is 29.2 Å². The topological polar surface area (TPSA) is 117 Å². The Bertz CT molecular complexity index is 1320. The first kappa shape index (κ1) is 21.9. The summed E-state index contributed by atoms with van der Waals surface area (Å²) in [5.74, 6) is -0.311. The first-order chi connectivity index (χ1) is 16.5. The summed E-state index contributed by atoms with van der Waals surface area (Å²) in [7, 11) is 0. The molecule has 5 rings (SSSR count). The largest absolute Gasteiger partial charge is 0.391 e. The van der Waals surface area contributed by atoms with Gasteiger partial charge in [0.1, 0.15) is 5.69 Å². The molecule has 3 atom stereocenters. The average Bonchev–Trinajstić information content (AvgIpc) is 2.87. The number of benzene rings is 1. The summed E-state index contributed by atoms with van der Waals surface area (Å²) in [5, 5.41) is 14.1. The molecule has 1 aliphatic rings. The lowest BCUT2D eigenvalue weighted by molar-refractivity contribution is 0.0785. The van der Waals surface area contributed by atoms with Crippen LogP contribution in [-0.4, -0.2) is 51.2 Å². The molecule has 1 amide bonds. The summed E-state index contributed by atoms with van der Waals surface area (Å²) in [5.41, 5.74) is 10.5. The zero-order valence-electron chi connectivity index (χ0n) is 18.8. The van der Waals surface area contributed by atoms with E-state index < -0.39 is 6.10 Å². The van der Waals surface area contributed by atoms with Crippen molar-refractivity contribution in [1.29, 1.82) is 0 Å². The molecule has 1 aromatic carbocycles. The molecule has 1 saturated heterocycles. The molecule has 1 fully saturated rings. The maximum absolute atomic E-state index is 13.1. The number of hydrogen-bond acceptors (Lipinski definition) is 7. The van der Waals surface area contributed by atoms with Crippen LogP contribution in [0, 0.1) is 5.92 Å². The van der Waals surface area contributed by atoms with E-state index in [-0.39, 0.29) is 17.9 Å². The van der Waals surface area contributed by atoms with Crippen molar-refractivity contribution in [2.24, 2.45) is 11.7 Å². The van der Waals surface area contributed by atoms with E-state index in [0.717, 1.165) is 27.7 Å². The highest BCUT2D eigenvalue weighted by molar-refractivity contribution is 6.05. The average molecular weight is 455 g/mol. The summed E-state index contributed by atoms with van der Waals surface area (Å²) in [6.45, 7) is 3.09.